The first-order valence-corrected chi connectivity index (χ1v) is 6.92. The summed E-state index contributed by atoms with van der Waals surface area (Å²) in [6.45, 7) is 4.24. The van der Waals surface area contributed by atoms with Crippen molar-refractivity contribution in [2.24, 2.45) is 0 Å². The molecule has 0 aliphatic carbocycles. The van der Waals surface area contributed by atoms with Crippen molar-refractivity contribution in [2.75, 3.05) is 36.1 Å². The third-order valence-corrected chi connectivity index (χ3v) is 3.54. The summed E-state index contributed by atoms with van der Waals surface area (Å²) < 4.78 is 4.92. The van der Waals surface area contributed by atoms with Crippen molar-refractivity contribution in [3.63, 3.8) is 0 Å². The van der Waals surface area contributed by atoms with E-state index in [1.165, 1.54) is 0 Å². The summed E-state index contributed by atoms with van der Waals surface area (Å²) in [7, 11) is 0. The molecule has 0 atom stereocenters. The zero-order chi connectivity index (χ0) is 12.1. The van der Waals surface area contributed by atoms with Gasteiger partial charge in [0.05, 0.1) is 12.2 Å². The molecule has 1 aliphatic rings. The van der Waals surface area contributed by atoms with E-state index < -0.39 is 0 Å². The highest BCUT2D eigenvalue weighted by Gasteiger charge is 2.13. The Morgan fingerprint density at radius 2 is 2.24 bits per heavy atom. The lowest BCUT2D eigenvalue weighted by atomic mass is 10.3. The molecule has 0 saturated carbocycles. The lowest BCUT2D eigenvalue weighted by Gasteiger charge is -2.27. The van der Waals surface area contributed by atoms with Gasteiger partial charge in [-0.3, -0.25) is 0 Å². The van der Waals surface area contributed by atoms with E-state index in [2.05, 4.69) is 9.88 Å². The van der Waals surface area contributed by atoms with E-state index >= 15 is 0 Å². The average molecular weight is 252 g/mol. The van der Waals surface area contributed by atoms with Crippen molar-refractivity contribution in [1.82, 2.24) is 4.98 Å². The molecule has 92 valence electrons. The minimum Gasteiger partial charge on any atom is -0.462 e. The molecule has 0 unspecified atom stereocenters. The quantitative estimate of drug-likeness (QED) is 0.768. The molecule has 17 heavy (non-hydrogen) atoms. The predicted octanol–water partition coefficient (Wildman–Crippen LogP) is 1.81. The Kier molecular flexibility index (Phi) is 4.25. The highest BCUT2D eigenvalue weighted by Crippen LogP contribution is 2.17. The fraction of sp³-hybridized carbons (Fsp3) is 0.500. The number of carbonyl (C=O) groups is 1. The van der Waals surface area contributed by atoms with Crippen molar-refractivity contribution < 1.29 is 9.53 Å². The van der Waals surface area contributed by atoms with Gasteiger partial charge in [-0.05, 0) is 19.1 Å². The van der Waals surface area contributed by atoms with Crippen molar-refractivity contribution in [1.29, 1.82) is 0 Å². The van der Waals surface area contributed by atoms with Crippen molar-refractivity contribution in [2.45, 2.75) is 6.92 Å². The van der Waals surface area contributed by atoms with E-state index in [0.29, 0.717) is 12.2 Å². The van der Waals surface area contributed by atoms with E-state index in [1.807, 2.05) is 17.8 Å². The first-order chi connectivity index (χ1) is 8.31. The third kappa shape index (κ3) is 3.12. The number of ether oxygens (including phenoxy) is 1. The Balaban J connectivity index is 2.04. The predicted molar refractivity (Wildman–Crippen MR) is 69.7 cm³/mol. The second kappa shape index (κ2) is 5.91. The molecular weight excluding hydrogens is 236 g/mol. The van der Waals surface area contributed by atoms with Crippen LogP contribution >= 0.6 is 11.8 Å². The van der Waals surface area contributed by atoms with E-state index in [0.717, 1.165) is 30.4 Å². The van der Waals surface area contributed by atoms with Gasteiger partial charge in [0.15, 0.2) is 0 Å². The van der Waals surface area contributed by atoms with Crippen LogP contribution in [-0.2, 0) is 4.74 Å². The number of nitrogens with zero attached hydrogens (tertiary/aromatic N) is 2. The highest BCUT2D eigenvalue weighted by molar-refractivity contribution is 7.99. The Labute approximate surface area is 105 Å². The summed E-state index contributed by atoms with van der Waals surface area (Å²) in [5.41, 5.74) is 0.516. The van der Waals surface area contributed by atoms with Crippen LogP contribution in [0.4, 0.5) is 5.82 Å². The molecule has 1 saturated heterocycles. The summed E-state index contributed by atoms with van der Waals surface area (Å²) in [6.07, 6.45) is 1.59. The van der Waals surface area contributed by atoms with Crippen molar-refractivity contribution in [3.8, 4) is 0 Å². The number of aromatic nitrogens is 1. The molecule has 1 aliphatic heterocycles. The number of hydrogen-bond donors (Lipinski definition) is 0. The van der Waals surface area contributed by atoms with Crippen LogP contribution < -0.4 is 4.90 Å². The molecule has 0 spiro atoms. The highest BCUT2D eigenvalue weighted by atomic mass is 32.2. The fourth-order valence-electron chi connectivity index (χ4n) is 1.70. The lowest BCUT2D eigenvalue weighted by Crippen LogP contribution is -2.33. The molecule has 1 aromatic rings. The number of carbonyl (C=O) groups excluding carboxylic acids is 1. The maximum absolute atomic E-state index is 11.5. The Morgan fingerprint density at radius 3 is 2.82 bits per heavy atom. The molecule has 5 heteroatoms. The van der Waals surface area contributed by atoms with Crippen LogP contribution in [0.15, 0.2) is 18.3 Å². The monoisotopic (exact) mass is 252 g/mol. The Bertz CT molecular complexity index is 375. The van der Waals surface area contributed by atoms with Crippen LogP contribution in [0, 0.1) is 0 Å². The third-order valence-electron chi connectivity index (χ3n) is 2.59. The summed E-state index contributed by atoms with van der Waals surface area (Å²) in [5, 5.41) is 0. The van der Waals surface area contributed by atoms with Gasteiger partial charge in [0.2, 0.25) is 0 Å². The number of hydrogen-bond acceptors (Lipinski definition) is 5. The van der Waals surface area contributed by atoms with Crippen molar-refractivity contribution in [3.05, 3.63) is 23.9 Å². The van der Waals surface area contributed by atoms with Gasteiger partial charge >= 0.3 is 5.97 Å². The molecule has 2 rings (SSSR count). The smallest absolute Gasteiger partial charge is 0.339 e. The zero-order valence-corrected chi connectivity index (χ0v) is 10.7. The molecular formula is C12H16N2O2S. The standard InChI is InChI=1S/C12H16N2O2S/c1-2-16-12(15)10-3-4-11(13-9-10)14-5-7-17-8-6-14/h3-4,9H,2,5-8H2,1H3. The molecule has 0 aromatic carbocycles. The molecule has 1 fully saturated rings. The Morgan fingerprint density at radius 1 is 1.47 bits per heavy atom. The van der Waals surface area contributed by atoms with Gasteiger partial charge in [0.25, 0.3) is 0 Å². The van der Waals surface area contributed by atoms with E-state index in [4.69, 9.17) is 4.74 Å². The lowest BCUT2D eigenvalue weighted by molar-refractivity contribution is 0.0526. The molecule has 2 heterocycles. The molecule has 4 nitrogen and oxygen atoms in total. The SMILES string of the molecule is CCOC(=O)c1ccc(N2CCSCC2)nc1. The van der Waals surface area contributed by atoms with E-state index in [9.17, 15) is 4.79 Å². The van der Waals surface area contributed by atoms with Crippen LogP contribution in [0.2, 0.25) is 0 Å². The number of anilines is 1. The first-order valence-electron chi connectivity index (χ1n) is 5.77. The second-order valence-corrected chi connectivity index (χ2v) is 4.95. The van der Waals surface area contributed by atoms with Crippen LogP contribution in [0.25, 0.3) is 0 Å². The summed E-state index contributed by atoms with van der Waals surface area (Å²) in [6, 6.07) is 3.67. The van der Waals surface area contributed by atoms with Gasteiger partial charge in [0.1, 0.15) is 5.82 Å². The summed E-state index contributed by atoms with van der Waals surface area (Å²) in [5.74, 6) is 2.92. The molecule has 0 bridgehead atoms. The van der Waals surface area contributed by atoms with Crippen LogP contribution in [-0.4, -0.2) is 42.2 Å². The maximum Gasteiger partial charge on any atom is 0.339 e. The topological polar surface area (TPSA) is 42.4 Å². The summed E-state index contributed by atoms with van der Waals surface area (Å²) >= 11 is 1.96. The van der Waals surface area contributed by atoms with Gasteiger partial charge in [-0.25, -0.2) is 9.78 Å². The van der Waals surface area contributed by atoms with Gasteiger partial charge in [0, 0.05) is 30.8 Å². The number of thioether (sulfide) groups is 1. The number of esters is 1. The normalized spacial score (nSPS) is 15.7. The zero-order valence-electron chi connectivity index (χ0n) is 9.89. The Hall–Kier alpha value is -1.23. The van der Waals surface area contributed by atoms with Gasteiger partial charge < -0.3 is 9.64 Å². The molecule has 1 aromatic heterocycles. The molecule has 0 amide bonds. The van der Waals surface area contributed by atoms with Crippen LogP contribution in [0.3, 0.4) is 0 Å². The van der Waals surface area contributed by atoms with E-state index in [1.54, 1.807) is 19.2 Å². The first kappa shape index (κ1) is 12.2. The molecule has 0 radical (unpaired) electrons. The van der Waals surface area contributed by atoms with Gasteiger partial charge in [-0.2, -0.15) is 11.8 Å². The fourth-order valence-corrected chi connectivity index (χ4v) is 2.60. The number of rotatable bonds is 3. The largest absolute Gasteiger partial charge is 0.462 e. The second-order valence-electron chi connectivity index (χ2n) is 3.72. The number of pyridine rings is 1. The van der Waals surface area contributed by atoms with Gasteiger partial charge in [-0.15, -0.1) is 0 Å². The van der Waals surface area contributed by atoms with Gasteiger partial charge in [-0.1, -0.05) is 0 Å². The maximum atomic E-state index is 11.5. The van der Waals surface area contributed by atoms with E-state index in [-0.39, 0.29) is 5.97 Å². The summed E-state index contributed by atoms with van der Waals surface area (Å²) in [4.78, 5) is 18.0. The minimum atomic E-state index is -0.305. The minimum absolute atomic E-state index is 0.305. The van der Waals surface area contributed by atoms with Crippen LogP contribution in [0.5, 0.6) is 0 Å². The average Bonchev–Trinajstić information content (AvgIpc) is 2.40. The van der Waals surface area contributed by atoms with Crippen LogP contribution in [0.1, 0.15) is 17.3 Å². The molecule has 0 N–H and O–H groups in total. The van der Waals surface area contributed by atoms with Crippen molar-refractivity contribution >= 4 is 23.5 Å².